The number of rotatable bonds is 2. The van der Waals surface area contributed by atoms with Crippen molar-refractivity contribution in [1.29, 1.82) is 0 Å². The number of aliphatic hydroxyl groups is 1. The maximum absolute atomic E-state index is 10.7. The second-order valence-electron chi connectivity index (χ2n) is 4.73. The first-order chi connectivity index (χ1) is 10.1. The molecule has 1 N–H and O–H groups in total. The Morgan fingerprint density at radius 1 is 0.810 bits per heavy atom. The van der Waals surface area contributed by atoms with Crippen LogP contribution in [-0.4, -0.2) is 5.11 Å². The van der Waals surface area contributed by atoms with Gasteiger partial charge in [0.1, 0.15) is 6.10 Å². The van der Waals surface area contributed by atoms with Gasteiger partial charge in [-0.3, -0.25) is 0 Å². The summed E-state index contributed by atoms with van der Waals surface area (Å²) >= 11 is 15.9. The first kappa shape index (κ1) is 14.9. The van der Waals surface area contributed by atoms with Crippen molar-refractivity contribution in [3.8, 4) is 0 Å². The van der Waals surface area contributed by atoms with Crippen molar-refractivity contribution in [2.24, 2.45) is 0 Å². The molecule has 3 aromatic carbocycles. The Morgan fingerprint density at radius 2 is 1.52 bits per heavy atom. The van der Waals surface area contributed by atoms with E-state index in [4.69, 9.17) is 23.2 Å². The average Bonchev–Trinajstić information content (AvgIpc) is 2.50. The first-order valence-corrected chi connectivity index (χ1v) is 7.93. The van der Waals surface area contributed by atoms with Gasteiger partial charge in [0.15, 0.2) is 0 Å². The molecule has 0 saturated carbocycles. The molecule has 21 heavy (non-hydrogen) atoms. The second-order valence-corrected chi connectivity index (χ2v) is 6.37. The van der Waals surface area contributed by atoms with E-state index in [2.05, 4.69) is 15.9 Å². The third kappa shape index (κ3) is 2.69. The number of benzene rings is 3. The molecule has 0 fully saturated rings. The maximum Gasteiger partial charge on any atom is 0.106 e. The lowest BCUT2D eigenvalue weighted by molar-refractivity contribution is 0.222. The number of halogens is 3. The van der Waals surface area contributed by atoms with E-state index in [9.17, 15) is 5.11 Å². The fraction of sp³-hybridized carbons (Fsp3) is 0.0588. The maximum atomic E-state index is 10.7. The third-order valence-corrected chi connectivity index (χ3v) is 5.12. The molecule has 0 radical (unpaired) electrons. The smallest absolute Gasteiger partial charge is 0.106 e. The zero-order valence-corrected chi connectivity index (χ0v) is 14.0. The molecule has 1 atom stereocenters. The zero-order valence-electron chi connectivity index (χ0n) is 10.9. The fourth-order valence-electron chi connectivity index (χ4n) is 2.42. The van der Waals surface area contributed by atoms with Gasteiger partial charge < -0.3 is 5.11 Å². The molecule has 0 saturated heterocycles. The number of hydrogen-bond donors (Lipinski definition) is 1. The van der Waals surface area contributed by atoms with E-state index in [-0.39, 0.29) is 0 Å². The molecule has 0 aliphatic carbocycles. The zero-order chi connectivity index (χ0) is 15.0. The predicted octanol–water partition coefficient (Wildman–Crippen LogP) is 5.99. The minimum Gasteiger partial charge on any atom is -0.384 e. The first-order valence-electron chi connectivity index (χ1n) is 6.38. The summed E-state index contributed by atoms with van der Waals surface area (Å²) in [5.41, 5.74) is 1.45. The van der Waals surface area contributed by atoms with Crippen LogP contribution in [0.3, 0.4) is 0 Å². The van der Waals surface area contributed by atoms with Crippen LogP contribution in [0, 0.1) is 0 Å². The predicted molar refractivity (Wildman–Crippen MR) is 92.2 cm³/mol. The van der Waals surface area contributed by atoms with Crippen LogP contribution in [0.5, 0.6) is 0 Å². The Labute approximate surface area is 141 Å². The molecule has 0 aliphatic heterocycles. The fourth-order valence-corrected chi connectivity index (χ4v) is 3.26. The van der Waals surface area contributed by atoms with E-state index < -0.39 is 6.10 Å². The van der Waals surface area contributed by atoms with E-state index in [0.29, 0.717) is 15.6 Å². The molecule has 0 amide bonds. The minimum absolute atomic E-state index is 0.518. The summed E-state index contributed by atoms with van der Waals surface area (Å²) in [4.78, 5) is 0. The molecule has 0 spiro atoms. The van der Waals surface area contributed by atoms with Crippen molar-refractivity contribution in [1.82, 2.24) is 0 Å². The molecular formula is C17H11BrCl2O. The monoisotopic (exact) mass is 380 g/mol. The standard InChI is InChI=1S/C17H11BrCl2O/c18-14-7-3-6-13(16(14)20)17(21)12-8-9-15(19)11-5-2-1-4-10(11)12/h1-9,17,21H. The van der Waals surface area contributed by atoms with Crippen LogP contribution in [0.2, 0.25) is 10.0 Å². The highest BCUT2D eigenvalue weighted by atomic mass is 79.9. The Kier molecular flexibility index (Phi) is 4.23. The molecule has 4 heteroatoms. The van der Waals surface area contributed by atoms with Gasteiger partial charge in [-0.1, -0.05) is 65.7 Å². The number of fused-ring (bicyclic) bond motifs is 1. The normalized spacial score (nSPS) is 12.6. The van der Waals surface area contributed by atoms with Gasteiger partial charge in [-0.2, -0.15) is 0 Å². The Morgan fingerprint density at radius 3 is 2.29 bits per heavy atom. The van der Waals surface area contributed by atoms with Crippen LogP contribution in [-0.2, 0) is 0 Å². The topological polar surface area (TPSA) is 20.2 Å². The van der Waals surface area contributed by atoms with Gasteiger partial charge >= 0.3 is 0 Å². The van der Waals surface area contributed by atoms with Crippen molar-refractivity contribution in [2.45, 2.75) is 6.10 Å². The highest BCUT2D eigenvalue weighted by Crippen LogP contribution is 2.37. The molecule has 0 heterocycles. The average molecular weight is 382 g/mol. The molecule has 1 unspecified atom stereocenters. The number of aliphatic hydroxyl groups excluding tert-OH is 1. The SMILES string of the molecule is OC(c1cccc(Br)c1Cl)c1ccc(Cl)c2ccccc12. The van der Waals surface area contributed by atoms with Gasteiger partial charge in [-0.25, -0.2) is 0 Å². The van der Waals surface area contributed by atoms with Gasteiger partial charge in [0.2, 0.25) is 0 Å². The van der Waals surface area contributed by atoms with Gasteiger partial charge in [0.05, 0.1) is 5.02 Å². The molecule has 0 aliphatic rings. The molecule has 0 bridgehead atoms. The van der Waals surface area contributed by atoms with Gasteiger partial charge in [0.25, 0.3) is 0 Å². The summed E-state index contributed by atoms with van der Waals surface area (Å²) in [7, 11) is 0. The largest absolute Gasteiger partial charge is 0.384 e. The summed E-state index contributed by atoms with van der Waals surface area (Å²) in [6, 6.07) is 16.9. The van der Waals surface area contributed by atoms with Crippen LogP contribution in [0.15, 0.2) is 59.1 Å². The van der Waals surface area contributed by atoms with E-state index in [1.807, 2.05) is 48.5 Å². The lowest BCUT2D eigenvalue weighted by Crippen LogP contribution is -2.02. The van der Waals surface area contributed by atoms with Crippen LogP contribution in [0.1, 0.15) is 17.2 Å². The van der Waals surface area contributed by atoms with E-state index in [1.165, 1.54) is 0 Å². The van der Waals surface area contributed by atoms with Crippen molar-refractivity contribution >= 4 is 49.9 Å². The highest BCUT2D eigenvalue weighted by molar-refractivity contribution is 9.10. The lowest BCUT2D eigenvalue weighted by Gasteiger charge is -2.16. The lowest BCUT2D eigenvalue weighted by atomic mass is 9.96. The van der Waals surface area contributed by atoms with E-state index in [0.717, 1.165) is 20.8 Å². The van der Waals surface area contributed by atoms with E-state index >= 15 is 0 Å². The summed E-state index contributed by atoms with van der Waals surface area (Å²) in [5, 5.41) is 13.8. The summed E-state index contributed by atoms with van der Waals surface area (Å²) < 4.78 is 0.763. The van der Waals surface area contributed by atoms with Crippen LogP contribution >= 0.6 is 39.1 Å². The molecule has 3 rings (SSSR count). The summed E-state index contributed by atoms with van der Waals surface area (Å²) in [6.07, 6.45) is -0.808. The number of hydrogen-bond acceptors (Lipinski definition) is 1. The Hall–Kier alpha value is -1.06. The van der Waals surface area contributed by atoms with Gasteiger partial charge in [0, 0.05) is 20.4 Å². The van der Waals surface area contributed by atoms with Crippen LogP contribution < -0.4 is 0 Å². The van der Waals surface area contributed by atoms with Crippen molar-refractivity contribution in [3.63, 3.8) is 0 Å². The Balaban J connectivity index is 2.21. The molecule has 0 aromatic heterocycles. The summed E-state index contributed by atoms with van der Waals surface area (Å²) in [5.74, 6) is 0. The second kappa shape index (κ2) is 5.98. The van der Waals surface area contributed by atoms with Crippen molar-refractivity contribution in [2.75, 3.05) is 0 Å². The van der Waals surface area contributed by atoms with Crippen LogP contribution in [0.4, 0.5) is 0 Å². The van der Waals surface area contributed by atoms with E-state index in [1.54, 1.807) is 6.07 Å². The quantitative estimate of drug-likeness (QED) is 0.577. The molecule has 106 valence electrons. The third-order valence-electron chi connectivity index (χ3n) is 3.48. The molecule has 1 nitrogen and oxygen atoms in total. The molecular weight excluding hydrogens is 371 g/mol. The minimum atomic E-state index is -0.808. The van der Waals surface area contributed by atoms with Gasteiger partial charge in [-0.05, 0) is 39.0 Å². The summed E-state index contributed by atoms with van der Waals surface area (Å²) in [6.45, 7) is 0. The van der Waals surface area contributed by atoms with Gasteiger partial charge in [-0.15, -0.1) is 0 Å². The van der Waals surface area contributed by atoms with Crippen molar-refractivity contribution in [3.05, 3.63) is 80.2 Å². The van der Waals surface area contributed by atoms with Crippen molar-refractivity contribution < 1.29 is 5.11 Å². The highest BCUT2D eigenvalue weighted by Gasteiger charge is 2.18. The Bertz CT molecular complexity index is 817. The van der Waals surface area contributed by atoms with Crippen LogP contribution in [0.25, 0.3) is 10.8 Å². The molecule has 3 aromatic rings.